The van der Waals surface area contributed by atoms with Crippen LogP contribution >= 0.6 is 0 Å². The van der Waals surface area contributed by atoms with E-state index >= 15 is 0 Å². The molecule has 1 saturated heterocycles. The summed E-state index contributed by atoms with van der Waals surface area (Å²) in [7, 11) is 0. The molecule has 0 bridgehead atoms. The molecule has 0 aromatic carbocycles. The first-order valence-electron chi connectivity index (χ1n) is 5.66. The van der Waals surface area contributed by atoms with Crippen LogP contribution in [0.1, 0.15) is 33.6 Å². The number of carbonyl (C=O) groups excluding carboxylic acids is 1. The Morgan fingerprint density at radius 3 is 2.80 bits per heavy atom. The van der Waals surface area contributed by atoms with Gasteiger partial charge in [-0.3, -0.25) is 4.79 Å². The summed E-state index contributed by atoms with van der Waals surface area (Å²) in [5, 5.41) is 11.7. The van der Waals surface area contributed by atoms with Crippen LogP contribution in [0.15, 0.2) is 0 Å². The smallest absolute Gasteiger partial charge is 0.222 e. The lowest BCUT2D eigenvalue weighted by molar-refractivity contribution is -0.132. The third-order valence-corrected chi connectivity index (χ3v) is 2.25. The molecule has 1 atom stereocenters. The molecule has 0 aliphatic carbocycles. The molecule has 0 aromatic rings. The topological polar surface area (TPSA) is 56.1 Å². The summed E-state index contributed by atoms with van der Waals surface area (Å²) in [5.41, 5.74) is 0. The van der Waals surface area contributed by atoms with Gasteiger partial charge < -0.3 is 10.2 Å². The summed E-state index contributed by atoms with van der Waals surface area (Å²) in [5.74, 6) is 0.185. The van der Waals surface area contributed by atoms with E-state index in [1.807, 2.05) is 25.7 Å². The van der Waals surface area contributed by atoms with E-state index in [0.717, 1.165) is 13.1 Å². The minimum absolute atomic E-state index is 0.161. The van der Waals surface area contributed by atoms with Crippen LogP contribution in [0, 0.1) is 11.3 Å². The molecule has 1 aliphatic rings. The minimum Gasteiger partial charge on any atom is -0.340 e. The average molecular weight is 211 g/mol. The molecule has 0 spiro atoms. The normalized spacial score (nSPS) is 19.9. The van der Waals surface area contributed by atoms with Gasteiger partial charge in [0.1, 0.15) is 0 Å². The van der Waals surface area contributed by atoms with Crippen molar-refractivity contribution in [2.75, 3.05) is 19.6 Å². The summed E-state index contributed by atoms with van der Waals surface area (Å²) < 4.78 is 0. The number of nitrogens with zero attached hydrogens (tertiary/aromatic N) is 2. The lowest BCUT2D eigenvalue weighted by Gasteiger charge is -2.32. The highest BCUT2D eigenvalue weighted by molar-refractivity contribution is 5.75. The van der Waals surface area contributed by atoms with E-state index in [1.54, 1.807) is 0 Å². The fraction of sp³-hybridized carbons (Fsp3) is 0.818. The summed E-state index contributed by atoms with van der Waals surface area (Å²) in [6.07, 6.45) is 1.03. The predicted molar refractivity (Wildman–Crippen MR) is 60.2 cm³/mol. The zero-order chi connectivity index (χ0) is 11.7. The molecule has 0 saturated carbocycles. The van der Waals surface area contributed by atoms with Crippen molar-refractivity contribution in [3.8, 4) is 6.07 Å². The van der Waals surface area contributed by atoms with Crippen LogP contribution in [0.25, 0.3) is 0 Å². The molecule has 1 fully saturated rings. The van der Waals surface area contributed by atoms with Crippen molar-refractivity contribution in [1.29, 1.82) is 5.26 Å². The molecule has 4 nitrogen and oxygen atoms in total. The summed E-state index contributed by atoms with van der Waals surface area (Å²) in [6.45, 7) is 8.12. The Bertz CT molecular complexity index is 222. The lowest BCUT2D eigenvalue weighted by atomic mass is 10.1. The Balaban J connectivity index is 0.000000921. The van der Waals surface area contributed by atoms with Gasteiger partial charge in [0, 0.05) is 32.1 Å². The standard InChI is InChI=1S/C9H15N3O.C2H6/c1-2-9(13)12-6-5-11-8(7-12)3-4-10;1-2/h8,11H,2-3,5-7H2,1H3;1-2H3. The molecule has 15 heavy (non-hydrogen) atoms. The Hall–Kier alpha value is -1.08. The molecule has 1 aliphatic heterocycles. The van der Waals surface area contributed by atoms with Crippen molar-refractivity contribution in [3.05, 3.63) is 0 Å². The van der Waals surface area contributed by atoms with E-state index in [1.165, 1.54) is 0 Å². The molecule has 0 radical (unpaired) electrons. The first-order valence-corrected chi connectivity index (χ1v) is 5.66. The quantitative estimate of drug-likeness (QED) is 0.745. The molecule has 4 heteroatoms. The van der Waals surface area contributed by atoms with E-state index in [9.17, 15) is 4.79 Å². The first kappa shape index (κ1) is 13.9. The van der Waals surface area contributed by atoms with E-state index in [2.05, 4.69) is 11.4 Å². The Labute approximate surface area is 92.3 Å². The fourth-order valence-electron chi connectivity index (χ4n) is 1.52. The largest absolute Gasteiger partial charge is 0.340 e. The third-order valence-electron chi connectivity index (χ3n) is 2.25. The highest BCUT2D eigenvalue weighted by atomic mass is 16.2. The van der Waals surface area contributed by atoms with Crippen LogP contribution in [-0.4, -0.2) is 36.5 Å². The maximum Gasteiger partial charge on any atom is 0.222 e. The van der Waals surface area contributed by atoms with Gasteiger partial charge in [-0.05, 0) is 0 Å². The van der Waals surface area contributed by atoms with Crippen molar-refractivity contribution < 1.29 is 4.79 Å². The van der Waals surface area contributed by atoms with Gasteiger partial charge in [0.25, 0.3) is 0 Å². The number of hydrogen-bond donors (Lipinski definition) is 1. The third kappa shape index (κ3) is 4.80. The summed E-state index contributed by atoms with van der Waals surface area (Å²) >= 11 is 0. The second-order valence-corrected chi connectivity index (χ2v) is 3.21. The molecule has 1 rings (SSSR count). The monoisotopic (exact) mass is 211 g/mol. The van der Waals surface area contributed by atoms with Crippen molar-refractivity contribution >= 4 is 5.91 Å². The SMILES string of the molecule is CC.CCC(=O)N1CCNC(CC#N)C1. The van der Waals surface area contributed by atoms with Gasteiger partial charge in [-0.1, -0.05) is 20.8 Å². The van der Waals surface area contributed by atoms with Gasteiger partial charge in [-0.15, -0.1) is 0 Å². The number of amides is 1. The molecule has 1 amide bonds. The number of carbonyl (C=O) groups is 1. The maximum absolute atomic E-state index is 11.3. The Morgan fingerprint density at radius 1 is 1.60 bits per heavy atom. The average Bonchev–Trinajstić information content (AvgIpc) is 2.31. The van der Waals surface area contributed by atoms with Crippen LogP contribution in [0.2, 0.25) is 0 Å². The molecule has 0 aromatic heterocycles. The van der Waals surface area contributed by atoms with Gasteiger partial charge in [-0.2, -0.15) is 5.26 Å². The lowest BCUT2D eigenvalue weighted by Crippen LogP contribution is -2.52. The van der Waals surface area contributed by atoms with Gasteiger partial charge in [0.05, 0.1) is 12.5 Å². The van der Waals surface area contributed by atoms with Gasteiger partial charge in [0.2, 0.25) is 5.91 Å². The van der Waals surface area contributed by atoms with E-state index in [0.29, 0.717) is 19.4 Å². The second kappa shape index (κ2) is 8.25. The zero-order valence-corrected chi connectivity index (χ0v) is 9.92. The molecule has 1 unspecified atom stereocenters. The zero-order valence-electron chi connectivity index (χ0n) is 9.92. The highest BCUT2D eigenvalue weighted by Gasteiger charge is 2.21. The Morgan fingerprint density at radius 2 is 2.27 bits per heavy atom. The van der Waals surface area contributed by atoms with E-state index in [-0.39, 0.29) is 11.9 Å². The van der Waals surface area contributed by atoms with E-state index in [4.69, 9.17) is 5.26 Å². The van der Waals surface area contributed by atoms with Gasteiger partial charge in [0.15, 0.2) is 0 Å². The van der Waals surface area contributed by atoms with Crippen LogP contribution < -0.4 is 5.32 Å². The summed E-state index contributed by atoms with van der Waals surface area (Å²) in [6, 6.07) is 2.28. The van der Waals surface area contributed by atoms with Crippen molar-refractivity contribution in [3.63, 3.8) is 0 Å². The van der Waals surface area contributed by atoms with Crippen LogP contribution in [0.4, 0.5) is 0 Å². The van der Waals surface area contributed by atoms with Crippen molar-refractivity contribution in [2.24, 2.45) is 0 Å². The minimum atomic E-state index is 0.161. The number of piperazine rings is 1. The predicted octanol–water partition coefficient (Wildman–Crippen LogP) is 1.14. The maximum atomic E-state index is 11.3. The second-order valence-electron chi connectivity index (χ2n) is 3.21. The fourth-order valence-corrected chi connectivity index (χ4v) is 1.52. The Kier molecular flexibility index (Phi) is 7.65. The number of nitriles is 1. The molecular formula is C11H21N3O. The molecule has 86 valence electrons. The molecule has 1 heterocycles. The number of hydrogen-bond acceptors (Lipinski definition) is 3. The molecule has 1 N–H and O–H groups in total. The van der Waals surface area contributed by atoms with E-state index < -0.39 is 0 Å². The van der Waals surface area contributed by atoms with Gasteiger partial charge >= 0.3 is 0 Å². The van der Waals surface area contributed by atoms with Crippen LogP contribution in [0.5, 0.6) is 0 Å². The summed E-state index contributed by atoms with van der Waals surface area (Å²) in [4.78, 5) is 13.2. The number of nitrogens with one attached hydrogen (secondary N) is 1. The van der Waals surface area contributed by atoms with Crippen LogP contribution in [0.3, 0.4) is 0 Å². The number of rotatable bonds is 2. The van der Waals surface area contributed by atoms with Crippen molar-refractivity contribution in [2.45, 2.75) is 39.7 Å². The highest BCUT2D eigenvalue weighted by Crippen LogP contribution is 2.03. The van der Waals surface area contributed by atoms with Crippen LogP contribution in [-0.2, 0) is 4.79 Å². The first-order chi connectivity index (χ1) is 7.27. The van der Waals surface area contributed by atoms with Crippen molar-refractivity contribution in [1.82, 2.24) is 10.2 Å². The van der Waals surface area contributed by atoms with Gasteiger partial charge in [-0.25, -0.2) is 0 Å². The molecular weight excluding hydrogens is 190 g/mol.